The van der Waals surface area contributed by atoms with E-state index in [0.29, 0.717) is 0 Å². The Labute approximate surface area is 81.5 Å². The molecule has 0 radical (unpaired) electrons. The first-order valence-electron chi connectivity index (χ1n) is 4.17. The van der Waals surface area contributed by atoms with Crippen molar-refractivity contribution < 1.29 is 0 Å². The van der Waals surface area contributed by atoms with Crippen LogP contribution in [0.4, 0.5) is 5.69 Å². The van der Waals surface area contributed by atoms with E-state index >= 15 is 0 Å². The molecule has 0 saturated carbocycles. The van der Waals surface area contributed by atoms with Crippen molar-refractivity contribution in [2.24, 2.45) is 0 Å². The minimum atomic E-state index is 1.02. The molecule has 0 aromatic carbocycles. The van der Waals surface area contributed by atoms with E-state index in [1.807, 2.05) is 12.3 Å². The van der Waals surface area contributed by atoms with Crippen LogP contribution in [0.3, 0.4) is 0 Å². The molecular formula is C9H13BrN2. The molecule has 0 atom stereocenters. The van der Waals surface area contributed by atoms with Gasteiger partial charge in [-0.3, -0.25) is 4.98 Å². The van der Waals surface area contributed by atoms with E-state index in [2.05, 4.69) is 33.2 Å². The smallest absolute Gasteiger partial charge is 0.0538 e. The number of rotatable bonds is 4. The molecule has 1 aromatic rings. The van der Waals surface area contributed by atoms with Crippen molar-refractivity contribution in [2.45, 2.75) is 19.8 Å². The topological polar surface area (TPSA) is 24.9 Å². The van der Waals surface area contributed by atoms with Crippen LogP contribution in [0.1, 0.15) is 19.8 Å². The first-order valence-corrected chi connectivity index (χ1v) is 4.96. The quantitative estimate of drug-likeness (QED) is 0.802. The summed E-state index contributed by atoms with van der Waals surface area (Å²) in [4.78, 5) is 4.05. The molecule has 0 unspecified atom stereocenters. The highest BCUT2D eigenvalue weighted by atomic mass is 79.9. The van der Waals surface area contributed by atoms with Gasteiger partial charge in [0.15, 0.2) is 0 Å². The highest BCUT2D eigenvalue weighted by molar-refractivity contribution is 9.10. The van der Waals surface area contributed by atoms with Gasteiger partial charge in [0.1, 0.15) is 0 Å². The Bertz CT molecular complexity index is 238. The zero-order valence-corrected chi connectivity index (χ0v) is 8.76. The summed E-state index contributed by atoms with van der Waals surface area (Å²) in [6, 6.07) is 2.03. The van der Waals surface area contributed by atoms with Crippen molar-refractivity contribution in [1.82, 2.24) is 4.98 Å². The molecule has 0 bridgehead atoms. The lowest BCUT2D eigenvalue weighted by molar-refractivity contribution is 0.834. The lowest BCUT2D eigenvalue weighted by Gasteiger charge is -2.04. The van der Waals surface area contributed by atoms with Gasteiger partial charge in [-0.2, -0.15) is 0 Å². The summed E-state index contributed by atoms with van der Waals surface area (Å²) >= 11 is 3.37. The summed E-state index contributed by atoms with van der Waals surface area (Å²) < 4.78 is 1.02. The Morgan fingerprint density at radius 3 is 3.00 bits per heavy atom. The summed E-state index contributed by atoms with van der Waals surface area (Å²) in [5.74, 6) is 0. The second kappa shape index (κ2) is 5.14. The van der Waals surface area contributed by atoms with Crippen LogP contribution in [0.5, 0.6) is 0 Å². The number of hydrogen-bond acceptors (Lipinski definition) is 2. The number of nitrogens with zero attached hydrogens (tertiary/aromatic N) is 1. The number of anilines is 1. The minimum Gasteiger partial charge on any atom is -0.384 e. The van der Waals surface area contributed by atoms with Crippen LogP contribution in [-0.2, 0) is 0 Å². The Morgan fingerprint density at radius 1 is 1.50 bits per heavy atom. The highest BCUT2D eigenvalue weighted by Gasteiger charge is 1.91. The number of unbranched alkanes of at least 4 members (excludes halogenated alkanes) is 1. The zero-order chi connectivity index (χ0) is 8.81. The molecule has 0 spiro atoms. The molecule has 1 aromatic heterocycles. The van der Waals surface area contributed by atoms with Gasteiger partial charge in [0, 0.05) is 17.2 Å². The average molecular weight is 229 g/mol. The van der Waals surface area contributed by atoms with Crippen molar-refractivity contribution in [3.8, 4) is 0 Å². The average Bonchev–Trinajstić information content (AvgIpc) is 2.05. The third kappa shape index (κ3) is 3.22. The van der Waals surface area contributed by atoms with Crippen LogP contribution >= 0.6 is 15.9 Å². The molecule has 0 amide bonds. The SMILES string of the molecule is CCCCNc1cncc(Br)c1. The highest BCUT2D eigenvalue weighted by Crippen LogP contribution is 2.13. The minimum absolute atomic E-state index is 1.02. The van der Waals surface area contributed by atoms with Crippen LogP contribution < -0.4 is 5.32 Å². The predicted octanol–water partition coefficient (Wildman–Crippen LogP) is 3.06. The maximum absolute atomic E-state index is 4.05. The van der Waals surface area contributed by atoms with Gasteiger partial charge < -0.3 is 5.32 Å². The standard InChI is InChI=1S/C9H13BrN2/c1-2-3-4-12-9-5-8(10)6-11-7-9/h5-7,12H,2-4H2,1H3. The van der Waals surface area contributed by atoms with E-state index in [1.54, 1.807) is 6.20 Å². The molecule has 1 rings (SSSR count). The second-order valence-corrected chi connectivity index (χ2v) is 3.59. The van der Waals surface area contributed by atoms with E-state index in [0.717, 1.165) is 16.7 Å². The number of hydrogen-bond donors (Lipinski definition) is 1. The van der Waals surface area contributed by atoms with Crippen molar-refractivity contribution in [2.75, 3.05) is 11.9 Å². The van der Waals surface area contributed by atoms with Gasteiger partial charge in [0.2, 0.25) is 0 Å². The predicted molar refractivity (Wildman–Crippen MR) is 55.3 cm³/mol. The molecule has 0 fully saturated rings. The van der Waals surface area contributed by atoms with Gasteiger partial charge in [0.05, 0.1) is 11.9 Å². The van der Waals surface area contributed by atoms with E-state index in [9.17, 15) is 0 Å². The maximum Gasteiger partial charge on any atom is 0.0538 e. The second-order valence-electron chi connectivity index (χ2n) is 2.67. The molecule has 1 N–H and O–H groups in total. The molecule has 1 heterocycles. The molecule has 12 heavy (non-hydrogen) atoms. The van der Waals surface area contributed by atoms with Crippen molar-refractivity contribution in [3.63, 3.8) is 0 Å². The van der Waals surface area contributed by atoms with E-state index in [4.69, 9.17) is 0 Å². The first-order chi connectivity index (χ1) is 5.83. The monoisotopic (exact) mass is 228 g/mol. The van der Waals surface area contributed by atoms with Crippen LogP contribution in [0.25, 0.3) is 0 Å². The molecular weight excluding hydrogens is 216 g/mol. The van der Waals surface area contributed by atoms with Crippen LogP contribution in [0.2, 0.25) is 0 Å². The normalized spacial score (nSPS) is 9.83. The number of nitrogens with one attached hydrogen (secondary N) is 1. The van der Waals surface area contributed by atoms with Crippen molar-refractivity contribution >= 4 is 21.6 Å². The van der Waals surface area contributed by atoms with Gasteiger partial charge in [0.25, 0.3) is 0 Å². The van der Waals surface area contributed by atoms with Gasteiger partial charge in [-0.05, 0) is 28.4 Å². The fraction of sp³-hybridized carbons (Fsp3) is 0.444. The number of aromatic nitrogens is 1. The van der Waals surface area contributed by atoms with Crippen LogP contribution in [0.15, 0.2) is 22.9 Å². The zero-order valence-electron chi connectivity index (χ0n) is 7.18. The largest absolute Gasteiger partial charge is 0.384 e. The van der Waals surface area contributed by atoms with Crippen molar-refractivity contribution in [1.29, 1.82) is 0 Å². The van der Waals surface area contributed by atoms with Crippen LogP contribution in [0, 0.1) is 0 Å². The van der Waals surface area contributed by atoms with Gasteiger partial charge in [-0.25, -0.2) is 0 Å². The van der Waals surface area contributed by atoms with E-state index < -0.39 is 0 Å². The number of halogens is 1. The molecule has 66 valence electrons. The molecule has 3 heteroatoms. The Hall–Kier alpha value is -0.570. The van der Waals surface area contributed by atoms with E-state index in [-0.39, 0.29) is 0 Å². The Morgan fingerprint density at radius 2 is 2.33 bits per heavy atom. The molecule has 0 aliphatic carbocycles. The fourth-order valence-electron chi connectivity index (χ4n) is 0.918. The van der Waals surface area contributed by atoms with Gasteiger partial charge in [-0.15, -0.1) is 0 Å². The summed E-state index contributed by atoms with van der Waals surface area (Å²) in [5.41, 5.74) is 1.08. The third-order valence-corrected chi connectivity index (χ3v) is 2.00. The third-order valence-electron chi connectivity index (χ3n) is 1.56. The lowest BCUT2D eigenvalue weighted by atomic mass is 10.3. The van der Waals surface area contributed by atoms with Crippen molar-refractivity contribution in [3.05, 3.63) is 22.9 Å². The van der Waals surface area contributed by atoms with Gasteiger partial charge in [-0.1, -0.05) is 13.3 Å². The van der Waals surface area contributed by atoms with Gasteiger partial charge >= 0.3 is 0 Å². The summed E-state index contributed by atoms with van der Waals surface area (Å²) in [7, 11) is 0. The maximum atomic E-state index is 4.05. The first kappa shape index (κ1) is 9.52. The molecule has 0 aliphatic rings. The summed E-state index contributed by atoms with van der Waals surface area (Å²) in [6.45, 7) is 3.20. The fourth-order valence-corrected chi connectivity index (χ4v) is 1.28. The summed E-state index contributed by atoms with van der Waals surface area (Å²) in [6.07, 6.45) is 6.03. The summed E-state index contributed by atoms with van der Waals surface area (Å²) in [5, 5.41) is 3.29. The van der Waals surface area contributed by atoms with Crippen LogP contribution in [-0.4, -0.2) is 11.5 Å². The Kier molecular flexibility index (Phi) is 4.08. The molecule has 0 aliphatic heterocycles. The molecule has 2 nitrogen and oxygen atoms in total. The lowest BCUT2D eigenvalue weighted by Crippen LogP contribution is -2.00. The molecule has 0 saturated heterocycles. The van der Waals surface area contributed by atoms with E-state index in [1.165, 1.54) is 12.8 Å². The Balaban J connectivity index is 2.41. The number of pyridine rings is 1.